The topological polar surface area (TPSA) is 70.6 Å². The zero-order valence-electron chi connectivity index (χ0n) is 8.49. The number of phenolic OH excluding ortho intramolecular Hbond substituents is 1. The number of amides is 1. The fourth-order valence-electron chi connectivity index (χ4n) is 0.980. The zero-order chi connectivity index (χ0) is 11.1. The van der Waals surface area contributed by atoms with Gasteiger partial charge in [0.15, 0.2) is 0 Å². The Bertz CT molecular complexity index is 328. The molecule has 0 heterocycles. The summed E-state index contributed by atoms with van der Waals surface area (Å²) in [4.78, 5) is 11.2. The Hall–Kier alpha value is -1.75. The molecule has 0 radical (unpaired) electrons. The third kappa shape index (κ3) is 4.33. The third-order valence-corrected chi connectivity index (χ3v) is 1.67. The fourth-order valence-corrected chi connectivity index (χ4v) is 0.980. The smallest absolute Gasteiger partial charge is 0.412 e. The number of carbonyl (C=O) groups excluding carboxylic acids is 1. The molecule has 3 N–H and O–H groups in total. The SMILES string of the molecule is CNCCNC(=O)Oc1cccc(O)c1. The Balaban J connectivity index is 2.37. The lowest BCUT2D eigenvalue weighted by molar-refractivity contribution is 0.200. The number of aromatic hydroxyl groups is 1. The number of phenols is 1. The molecule has 0 saturated heterocycles. The summed E-state index contributed by atoms with van der Waals surface area (Å²) in [6, 6.07) is 6.08. The molecule has 5 heteroatoms. The quantitative estimate of drug-likeness (QED) is 0.640. The zero-order valence-corrected chi connectivity index (χ0v) is 8.49. The van der Waals surface area contributed by atoms with E-state index in [-0.39, 0.29) is 5.75 Å². The third-order valence-electron chi connectivity index (χ3n) is 1.67. The van der Waals surface area contributed by atoms with Crippen molar-refractivity contribution in [3.05, 3.63) is 24.3 Å². The van der Waals surface area contributed by atoms with Crippen LogP contribution in [0.15, 0.2) is 24.3 Å². The van der Waals surface area contributed by atoms with Gasteiger partial charge in [0.1, 0.15) is 11.5 Å². The molecule has 1 rings (SSSR count). The van der Waals surface area contributed by atoms with Crippen LogP contribution in [0.3, 0.4) is 0 Å². The van der Waals surface area contributed by atoms with E-state index in [0.717, 1.165) is 0 Å². The predicted octanol–water partition coefficient (Wildman–Crippen LogP) is 0.700. The van der Waals surface area contributed by atoms with Crippen molar-refractivity contribution in [1.82, 2.24) is 10.6 Å². The van der Waals surface area contributed by atoms with E-state index in [9.17, 15) is 4.79 Å². The minimum Gasteiger partial charge on any atom is -0.508 e. The molecule has 1 aromatic carbocycles. The molecule has 0 aromatic heterocycles. The first kappa shape index (κ1) is 11.3. The normalized spacial score (nSPS) is 9.67. The van der Waals surface area contributed by atoms with Crippen LogP contribution in [0.1, 0.15) is 0 Å². The van der Waals surface area contributed by atoms with Crippen LogP contribution in [0.2, 0.25) is 0 Å². The number of rotatable bonds is 4. The van der Waals surface area contributed by atoms with E-state index in [1.807, 2.05) is 0 Å². The van der Waals surface area contributed by atoms with Gasteiger partial charge in [-0.25, -0.2) is 4.79 Å². The van der Waals surface area contributed by atoms with Gasteiger partial charge in [-0.15, -0.1) is 0 Å². The molecule has 15 heavy (non-hydrogen) atoms. The van der Waals surface area contributed by atoms with Crippen molar-refractivity contribution in [2.24, 2.45) is 0 Å². The number of benzene rings is 1. The van der Waals surface area contributed by atoms with Gasteiger partial charge in [0.2, 0.25) is 0 Å². The minimum atomic E-state index is -0.532. The first-order valence-electron chi connectivity index (χ1n) is 4.61. The fraction of sp³-hybridized carbons (Fsp3) is 0.300. The number of hydrogen-bond acceptors (Lipinski definition) is 4. The van der Waals surface area contributed by atoms with Crippen LogP contribution in [0, 0.1) is 0 Å². The summed E-state index contributed by atoms with van der Waals surface area (Å²) in [6.07, 6.45) is -0.532. The molecule has 1 aromatic rings. The van der Waals surface area contributed by atoms with Crippen molar-refractivity contribution < 1.29 is 14.6 Å². The molecule has 0 spiro atoms. The number of hydrogen-bond donors (Lipinski definition) is 3. The van der Waals surface area contributed by atoms with E-state index in [2.05, 4.69) is 10.6 Å². The van der Waals surface area contributed by atoms with Crippen LogP contribution < -0.4 is 15.4 Å². The Labute approximate surface area is 88.1 Å². The molecule has 0 bridgehead atoms. The Kier molecular flexibility index (Phi) is 4.43. The molecular formula is C10H14N2O3. The maximum absolute atomic E-state index is 11.2. The molecule has 0 aliphatic carbocycles. The van der Waals surface area contributed by atoms with Gasteiger partial charge in [-0.3, -0.25) is 0 Å². The summed E-state index contributed by atoms with van der Waals surface area (Å²) in [5.41, 5.74) is 0. The van der Waals surface area contributed by atoms with Gasteiger partial charge in [-0.05, 0) is 19.2 Å². The van der Waals surface area contributed by atoms with Crippen LogP contribution >= 0.6 is 0 Å². The monoisotopic (exact) mass is 210 g/mol. The number of ether oxygens (including phenoxy) is 1. The Morgan fingerprint density at radius 3 is 2.93 bits per heavy atom. The second-order valence-electron chi connectivity index (χ2n) is 2.92. The molecule has 0 fully saturated rings. The molecule has 0 unspecified atom stereocenters. The molecule has 1 amide bonds. The molecule has 0 atom stereocenters. The lowest BCUT2D eigenvalue weighted by atomic mass is 10.3. The van der Waals surface area contributed by atoms with E-state index < -0.39 is 6.09 Å². The Morgan fingerprint density at radius 1 is 1.47 bits per heavy atom. The van der Waals surface area contributed by atoms with Crippen molar-refractivity contribution in [1.29, 1.82) is 0 Å². The maximum atomic E-state index is 11.2. The van der Waals surface area contributed by atoms with E-state index in [1.165, 1.54) is 12.1 Å². The summed E-state index contributed by atoms with van der Waals surface area (Å²) in [7, 11) is 1.79. The largest absolute Gasteiger partial charge is 0.508 e. The summed E-state index contributed by atoms with van der Waals surface area (Å²) >= 11 is 0. The highest BCUT2D eigenvalue weighted by Crippen LogP contribution is 2.17. The summed E-state index contributed by atoms with van der Waals surface area (Å²) in [5.74, 6) is 0.382. The van der Waals surface area contributed by atoms with Gasteiger partial charge in [0.05, 0.1) is 0 Å². The van der Waals surface area contributed by atoms with Crippen LogP contribution in [0.5, 0.6) is 11.5 Å². The van der Waals surface area contributed by atoms with E-state index >= 15 is 0 Å². The van der Waals surface area contributed by atoms with Crippen LogP contribution in [-0.2, 0) is 0 Å². The molecule has 5 nitrogen and oxygen atoms in total. The van der Waals surface area contributed by atoms with Crippen LogP contribution in [0.25, 0.3) is 0 Å². The van der Waals surface area contributed by atoms with Gasteiger partial charge in [0, 0.05) is 19.2 Å². The van der Waals surface area contributed by atoms with E-state index in [0.29, 0.717) is 18.8 Å². The first-order valence-corrected chi connectivity index (χ1v) is 4.61. The highest BCUT2D eigenvalue weighted by atomic mass is 16.6. The van der Waals surface area contributed by atoms with Crippen molar-refractivity contribution in [3.8, 4) is 11.5 Å². The molecule has 82 valence electrons. The van der Waals surface area contributed by atoms with Crippen molar-refractivity contribution in [2.75, 3.05) is 20.1 Å². The van der Waals surface area contributed by atoms with Gasteiger partial charge >= 0.3 is 6.09 Å². The second-order valence-corrected chi connectivity index (χ2v) is 2.92. The minimum absolute atomic E-state index is 0.0653. The lowest BCUT2D eigenvalue weighted by Gasteiger charge is -2.06. The summed E-state index contributed by atoms with van der Waals surface area (Å²) in [6.45, 7) is 1.17. The van der Waals surface area contributed by atoms with Gasteiger partial charge in [-0.2, -0.15) is 0 Å². The Morgan fingerprint density at radius 2 is 2.27 bits per heavy atom. The van der Waals surface area contributed by atoms with Gasteiger partial charge < -0.3 is 20.5 Å². The molecular weight excluding hydrogens is 196 g/mol. The van der Waals surface area contributed by atoms with Gasteiger partial charge in [0.25, 0.3) is 0 Å². The summed E-state index contributed by atoms with van der Waals surface area (Å²) in [5, 5.41) is 14.6. The predicted molar refractivity (Wildman–Crippen MR) is 56.1 cm³/mol. The van der Waals surface area contributed by atoms with Crippen molar-refractivity contribution in [3.63, 3.8) is 0 Å². The lowest BCUT2D eigenvalue weighted by Crippen LogP contribution is -2.32. The van der Waals surface area contributed by atoms with Crippen LogP contribution in [0.4, 0.5) is 4.79 Å². The van der Waals surface area contributed by atoms with E-state index in [1.54, 1.807) is 19.2 Å². The average Bonchev–Trinajstić information content (AvgIpc) is 2.18. The van der Waals surface area contributed by atoms with E-state index in [4.69, 9.17) is 9.84 Å². The highest BCUT2D eigenvalue weighted by molar-refractivity contribution is 5.70. The van der Waals surface area contributed by atoms with Gasteiger partial charge in [-0.1, -0.05) is 6.07 Å². The van der Waals surface area contributed by atoms with Crippen molar-refractivity contribution in [2.45, 2.75) is 0 Å². The molecule has 0 aliphatic heterocycles. The summed E-state index contributed by atoms with van der Waals surface area (Å²) < 4.78 is 4.90. The maximum Gasteiger partial charge on any atom is 0.412 e. The van der Waals surface area contributed by atoms with Crippen LogP contribution in [-0.4, -0.2) is 31.3 Å². The number of nitrogens with one attached hydrogen (secondary N) is 2. The van der Waals surface area contributed by atoms with Crippen molar-refractivity contribution >= 4 is 6.09 Å². The number of likely N-dealkylation sites (N-methyl/N-ethyl adjacent to an activating group) is 1. The highest BCUT2D eigenvalue weighted by Gasteiger charge is 2.03. The second kappa shape index (κ2) is 5.87. The molecule has 0 aliphatic rings. The standard InChI is InChI=1S/C10H14N2O3/c1-11-5-6-12-10(14)15-9-4-2-3-8(13)7-9/h2-4,7,11,13H,5-6H2,1H3,(H,12,14). The molecule has 0 saturated carbocycles. The average molecular weight is 210 g/mol. The first-order chi connectivity index (χ1) is 7.22. The number of carbonyl (C=O) groups is 1.